The van der Waals surface area contributed by atoms with Crippen LogP contribution < -0.4 is 0 Å². The first-order valence-corrected chi connectivity index (χ1v) is 5.44. The summed E-state index contributed by atoms with van der Waals surface area (Å²) in [6.07, 6.45) is -1.43. The highest BCUT2D eigenvalue weighted by atomic mass is 19.4. The largest absolute Gasteiger partial charge is 0.435 e. The van der Waals surface area contributed by atoms with Crippen molar-refractivity contribution in [2.24, 2.45) is 7.05 Å². The van der Waals surface area contributed by atoms with E-state index in [1.807, 2.05) is 13.8 Å². The molecule has 0 spiro atoms. The lowest BCUT2D eigenvalue weighted by Crippen LogP contribution is -2.10. The molecule has 4 nitrogen and oxygen atoms in total. The van der Waals surface area contributed by atoms with E-state index in [0.29, 0.717) is 11.5 Å². The fourth-order valence-corrected chi connectivity index (χ4v) is 1.68. The van der Waals surface area contributed by atoms with Crippen LogP contribution in [0.4, 0.5) is 13.2 Å². The Morgan fingerprint density at radius 2 is 1.94 bits per heavy atom. The zero-order valence-corrected chi connectivity index (χ0v) is 10.2. The minimum absolute atomic E-state index is 0.0662. The monoisotopic (exact) mass is 258 g/mol. The molecule has 2 heterocycles. The van der Waals surface area contributed by atoms with E-state index in [4.69, 9.17) is 0 Å². The first-order valence-electron chi connectivity index (χ1n) is 5.44. The van der Waals surface area contributed by atoms with Gasteiger partial charge in [0, 0.05) is 12.7 Å². The number of halogens is 3. The molecule has 0 aliphatic heterocycles. The summed E-state index contributed by atoms with van der Waals surface area (Å²) in [6, 6.07) is 1.08. The fraction of sp³-hybridized carbons (Fsp3) is 0.455. The smallest absolute Gasteiger partial charge is 0.319 e. The average molecular weight is 258 g/mol. The second kappa shape index (κ2) is 4.15. The van der Waals surface area contributed by atoms with Crippen molar-refractivity contribution in [2.75, 3.05) is 0 Å². The topological polar surface area (TPSA) is 35.6 Å². The summed E-state index contributed by atoms with van der Waals surface area (Å²) in [7, 11) is 1.71. The number of rotatable bonds is 2. The van der Waals surface area contributed by atoms with E-state index in [2.05, 4.69) is 10.1 Å². The van der Waals surface area contributed by atoms with Crippen molar-refractivity contribution in [2.45, 2.75) is 25.9 Å². The summed E-state index contributed by atoms with van der Waals surface area (Å²) in [5.41, 5.74) is -0.377. The molecule has 0 unspecified atom stereocenters. The van der Waals surface area contributed by atoms with Crippen LogP contribution in [0.3, 0.4) is 0 Å². The molecule has 0 N–H and O–H groups in total. The van der Waals surface area contributed by atoms with Crippen molar-refractivity contribution in [3.63, 3.8) is 0 Å². The van der Waals surface area contributed by atoms with Gasteiger partial charge < -0.3 is 4.57 Å². The van der Waals surface area contributed by atoms with Gasteiger partial charge in [-0.1, -0.05) is 13.8 Å². The summed E-state index contributed by atoms with van der Waals surface area (Å²) in [4.78, 5) is 3.89. The molecule has 0 aliphatic rings. The van der Waals surface area contributed by atoms with Gasteiger partial charge in [-0.3, -0.25) is 0 Å². The number of alkyl halides is 3. The van der Waals surface area contributed by atoms with Crippen LogP contribution in [-0.2, 0) is 13.2 Å². The maximum atomic E-state index is 12.7. The van der Waals surface area contributed by atoms with Crippen LogP contribution in [0.15, 0.2) is 18.6 Å². The van der Waals surface area contributed by atoms with Gasteiger partial charge in [-0.05, 0) is 12.0 Å². The van der Waals surface area contributed by atoms with Gasteiger partial charge in [-0.25, -0.2) is 9.67 Å². The van der Waals surface area contributed by atoms with E-state index in [0.717, 1.165) is 6.07 Å². The SMILES string of the molecule is CC(C)c1cc(C(F)(F)F)nn1-c1cncn1C. The van der Waals surface area contributed by atoms with E-state index in [-0.39, 0.29) is 5.92 Å². The highest BCUT2D eigenvalue weighted by Gasteiger charge is 2.35. The number of aromatic nitrogens is 4. The second-order valence-electron chi connectivity index (χ2n) is 4.38. The molecule has 2 rings (SSSR count). The summed E-state index contributed by atoms with van der Waals surface area (Å²) >= 11 is 0. The van der Waals surface area contributed by atoms with E-state index < -0.39 is 11.9 Å². The molecular formula is C11H13F3N4. The maximum Gasteiger partial charge on any atom is 0.435 e. The molecule has 18 heavy (non-hydrogen) atoms. The molecule has 0 atom stereocenters. The van der Waals surface area contributed by atoms with Gasteiger partial charge in [0.15, 0.2) is 11.5 Å². The molecular weight excluding hydrogens is 245 g/mol. The summed E-state index contributed by atoms with van der Waals surface area (Å²) in [5, 5.41) is 3.64. The zero-order valence-electron chi connectivity index (χ0n) is 10.2. The maximum absolute atomic E-state index is 12.7. The lowest BCUT2D eigenvalue weighted by atomic mass is 10.1. The molecule has 2 aromatic rings. The number of imidazole rings is 1. The van der Waals surface area contributed by atoms with Crippen LogP contribution >= 0.6 is 0 Å². The third kappa shape index (κ3) is 2.12. The number of aryl methyl sites for hydroxylation is 1. The first kappa shape index (κ1) is 12.7. The number of nitrogens with zero attached hydrogens (tertiary/aromatic N) is 4. The molecule has 0 fully saturated rings. The Morgan fingerprint density at radius 3 is 2.39 bits per heavy atom. The van der Waals surface area contributed by atoms with Gasteiger partial charge in [0.05, 0.1) is 12.5 Å². The van der Waals surface area contributed by atoms with Crippen molar-refractivity contribution in [3.8, 4) is 5.82 Å². The average Bonchev–Trinajstić information content (AvgIpc) is 2.81. The summed E-state index contributed by atoms with van der Waals surface area (Å²) < 4.78 is 41.0. The fourth-order valence-electron chi connectivity index (χ4n) is 1.68. The van der Waals surface area contributed by atoms with Crippen LogP contribution in [0.5, 0.6) is 0 Å². The lowest BCUT2D eigenvalue weighted by molar-refractivity contribution is -0.141. The molecule has 0 amide bonds. The van der Waals surface area contributed by atoms with Crippen LogP contribution in [0.1, 0.15) is 31.2 Å². The van der Waals surface area contributed by atoms with Gasteiger partial charge in [-0.15, -0.1) is 0 Å². The minimum atomic E-state index is -4.44. The molecule has 7 heteroatoms. The molecule has 98 valence electrons. The van der Waals surface area contributed by atoms with Gasteiger partial charge in [0.1, 0.15) is 0 Å². The molecule has 0 saturated heterocycles. The van der Waals surface area contributed by atoms with E-state index in [9.17, 15) is 13.2 Å². The van der Waals surface area contributed by atoms with Gasteiger partial charge in [0.2, 0.25) is 0 Å². The molecule has 0 aliphatic carbocycles. The third-order valence-electron chi connectivity index (χ3n) is 2.63. The Kier molecular flexibility index (Phi) is 2.92. The summed E-state index contributed by atoms with van der Waals surface area (Å²) in [6.45, 7) is 3.65. The highest BCUT2D eigenvalue weighted by Crippen LogP contribution is 2.31. The van der Waals surface area contributed by atoms with Crippen LogP contribution in [0, 0.1) is 0 Å². The molecule has 0 aromatic carbocycles. The number of hydrogen-bond donors (Lipinski definition) is 0. The third-order valence-corrected chi connectivity index (χ3v) is 2.63. The Hall–Kier alpha value is -1.79. The van der Waals surface area contributed by atoms with Crippen LogP contribution in [-0.4, -0.2) is 19.3 Å². The summed E-state index contributed by atoms with van der Waals surface area (Å²) in [5.74, 6) is 0.442. The molecule has 0 radical (unpaired) electrons. The van der Waals surface area contributed by atoms with E-state index in [1.54, 1.807) is 11.6 Å². The van der Waals surface area contributed by atoms with E-state index >= 15 is 0 Å². The molecule has 0 bridgehead atoms. The van der Waals surface area contributed by atoms with Crippen LogP contribution in [0.2, 0.25) is 0 Å². The Morgan fingerprint density at radius 1 is 1.28 bits per heavy atom. The van der Waals surface area contributed by atoms with Crippen molar-refractivity contribution in [3.05, 3.63) is 30.0 Å². The van der Waals surface area contributed by atoms with Gasteiger partial charge in [0.25, 0.3) is 0 Å². The zero-order chi connectivity index (χ0) is 13.5. The Balaban J connectivity index is 2.60. The molecule has 2 aromatic heterocycles. The predicted octanol–water partition coefficient (Wildman–Crippen LogP) is 2.75. The quantitative estimate of drug-likeness (QED) is 0.830. The van der Waals surface area contributed by atoms with Gasteiger partial charge in [-0.2, -0.15) is 18.3 Å². The highest BCUT2D eigenvalue weighted by molar-refractivity contribution is 5.27. The Bertz CT molecular complexity index is 551. The lowest BCUT2D eigenvalue weighted by Gasteiger charge is -2.09. The van der Waals surface area contributed by atoms with Crippen molar-refractivity contribution in [1.29, 1.82) is 0 Å². The second-order valence-corrected chi connectivity index (χ2v) is 4.38. The van der Waals surface area contributed by atoms with Crippen molar-refractivity contribution < 1.29 is 13.2 Å². The van der Waals surface area contributed by atoms with Crippen LogP contribution in [0.25, 0.3) is 5.82 Å². The van der Waals surface area contributed by atoms with Crippen molar-refractivity contribution in [1.82, 2.24) is 19.3 Å². The Labute approximate surface area is 102 Å². The standard InChI is InChI=1S/C11H13F3N4/c1-7(2)8-4-9(11(12,13)14)16-18(8)10-5-15-6-17(10)3/h4-7H,1-3H3. The van der Waals surface area contributed by atoms with Crippen molar-refractivity contribution >= 4 is 0 Å². The number of hydrogen-bond acceptors (Lipinski definition) is 2. The van der Waals surface area contributed by atoms with Gasteiger partial charge >= 0.3 is 6.18 Å². The normalized spacial score (nSPS) is 12.4. The predicted molar refractivity (Wildman–Crippen MR) is 59.4 cm³/mol. The first-order chi connectivity index (χ1) is 8.30. The minimum Gasteiger partial charge on any atom is -0.319 e. The van der Waals surface area contributed by atoms with E-state index in [1.165, 1.54) is 17.2 Å². The molecule has 0 saturated carbocycles.